The molecule has 0 aliphatic rings. The van der Waals surface area contributed by atoms with E-state index < -0.39 is 5.97 Å². The molecule has 1 N–H and O–H groups in total. The van der Waals surface area contributed by atoms with Crippen LogP contribution in [0, 0.1) is 11.3 Å². The van der Waals surface area contributed by atoms with E-state index in [1.807, 2.05) is 30.3 Å². The van der Waals surface area contributed by atoms with E-state index in [2.05, 4.69) is 16.3 Å². The standard InChI is InChI=1S/C18H14N4O3S/c1-25-15-7-3-6-14(9-15)22-17(13-5-2-4-12(8-13)10-19)20-21-18(22)26-11-16(23)24/h2-9H,11H2,1H3,(H,23,24). The molecule has 0 aliphatic heterocycles. The Balaban J connectivity index is 2.15. The quantitative estimate of drug-likeness (QED) is 0.669. The minimum Gasteiger partial charge on any atom is -0.497 e. The first kappa shape index (κ1) is 17.5. The molecule has 0 fully saturated rings. The van der Waals surface area contributed by atoms with Crippen LogP contribution < -0.4 is 4.74 Å². The first-order valence-corrected chi connectivity index (χ1v) is 8.56. The third-order valence-electron chi connectivity index (χ3n) is 3.52. The zero-order valence-corrected chi connectivity index (χ0v) is 14.6. The minimum absolute atomic E-state index is 0.139. The van der Waals surface area contributed by atoms with Crippen LogP contribution in [-0.4, -0.2) is 38.7 Å². The van der Waals surface area contributed by atoms with Gasteiger partial charge < -0.3 is 9.84 Å². The van der Waals surface area contributed by atoms with Crippen molar-refractivity contribution in [2.24, 2.45) is 0 Å². The van der Waals surface area contributed by atoms with Crippen molar-refractivity contribution in [2.75, 3.05) is 12.9 Å². The van der Waals surface area contributed by atoms with E-state index in [9.17, 15) is 4.79 Å². The molecule has 130 valence electrons. The van der Waals surface area contributed by atoms with Crippen LogP contribution in [-0.2, 0) is 4.79 Å². The summed E-state index contributed by atoms with van der Waals surface area (Å²) in [5, 5.41) is 26.9. The minimum atomic E-state index is -0.941. The molecule has 3 rings (SSSR count). The number of ether oxygens (including phenoxy) is 1. The number of nitrogens with zero attached hydrogens (tertiary/aromatic N) is 4. The molecule has 1 aromatic heterocycles. The molecule has 0 radical (unpaired) electrons. The number of benzene rings is 2. The third-order valence-corrected chi connectivity index (χ3v) is 4.43. The van der Waals surface area contributed by atoms with Gasteiger partial charge in [0.15, 0.2) is 11.0 Å². The summed E-state index contributed by atoms with van der Waals surface area (Å²) in [4.78, 5) is 10.9. The molecule has 0 aliphatic carbocycles. The van der Waals surface area contributed by atoms with Crippen molar-refractivity contribution in [3.63, 3.8) is 0 Å². The van der Waals surface area contributed by atoms with Gasteiger partial charge in [-0.1, -0.05) is 30.0 Å². The number of thioether (sulfide) groups is 1. The van der Waals surface area contributed by atoms with Gasteiger partial charge in [-0.15, -0.1) is 10.2 Å². The van der Waals surface area contributed by atoms with Gasteiger partial charge in [0.25, 0.3) is 0 Å². The number of aliphatic carboxylic acids is 1. The highest BCUT2D eigenvalue weighted by atomic mass is 32.2. The van der Waals surface area contributed by atoms with Crippen molar-refractivity contribution in [3.05, 3.63) is 54.1 Å². The van der Waals surface area contributed by atoms with E-state index in [4.69, 9.17) is 15.1 Å². The number of carbonyl (C=O) groups is 1. The second kappa shape index (κ2) is 7.72. The molecule has 1 heterocycles. The third kappa shape index (κ3) is 3.68. The molecule has 0 unspecified atom stereocenters. The van der Waals surface area contributed by atoms with Gasteiger partial charge in [-0.05, 0) is 24.3 Å². The normalized spacial score (nSPS) is 10.3. The van der Waals surface area contributed by atoms with Crippen LogP contribution in [0.15, 0.2) is 53.7 Å². The van der Waals surface area contributed by atoms with Crippen molar-refractivity contribution in [1.82, 2.24) is 14.8 Å². The number of carboxylic acid groups (broad SMARTS) is 1. The summed E-state index contributed by atoms with van der Waals surface area (Å²) in [7, 11) is 1.57. The van der Waals surface area contributed by atoms with Crippen LogP contribution in [0.3, 0.4) is 0 Å². The van der Waals surface area contributed by atoms with E-state index in [1.54, 1.807) is 29.9 Å². The summed E-state index contributed by atoms with van der Waals surface area (Å²) in [5.41, 5.74) is 1.95. The lowest BCUT2D eigenvalue weighted by atomic mass is 10.1. The van der Waals surface area contributed by atoms with E-state index in [0.29, 0.717) is 27.9 Å². The largest absolute Gasteiger partial charge is 0.497 e. The number of hydrogen-bond donors (Lipinski definition) is 1. The summed E-state index contributed by atoms with van der Waals surface area (Å²) in [5.74, 6) is 0.0916. The Morgan fingerprint density at radius 3 is 2.81 bits per heavy atom. The second-order valence-electron chi connectivity index (χ2n) is 5.22. The molecule has 0 spiro atoms. The molecular formula is C18H14N4O3S. The number of methoxy groups -OCH3 is 1. The van der Waals surface area contributed by atoms with Gasteiger partial charge in [-0.25, -0.2) is 0 Å². The molecule has 0 atom stereocenters. The van der Waals surface area contributed by atoms with Gasteiger partial charge in [-0.2, -0.15) is 5.26 Å². The zero-order valence-electron chi connectivity index (χ0n) is 13.8. The van der Waals surface area contributed by atoms with Crippen LogP contribution in [0.4, 0.5) is 0 Å². The van der Waals surface area contributed by atoms with Gasteiger partial charge in [0.2, 0.25) is 0 Å². The predicted molar refractivity (Wildman–Crippen MR) is 96.4 cm³/mol. The summed E-state index contributed by atoms with van der Waals surface area (Å²) in [6.45, 7) is 0. The van der Waals surface area contributed by atoms with Crippen LogP contribution in [0.2, 0.25) is 0 Å². The van der Waals surface area contributed by atoms with E-state index >= 15 is 0 Å². The fraction of sp³-hybridized carbons (Fsp3) is 0.111. The molecule has 8 heteroatoms. The molecule has 7 nitrogen and oxygen atoms in total. The smallest absolute Gasteiger partial charge is 0.313 e. The Labute approximate surface area is 153 Å². The maximum atomic E-state index is 10.9. The maximum absolute atomic E-state index is 10.9. The molecule has 3 aromatic rings. The zero-order chi connectivity index (χ0) is 18.5. The molecule has 2 aromatic carbocycles. The summed E-state index contributed by atoms with van der Waals surface area (Å²) in [6, 6.07) is 16.4. The van der Waals surface area contributed by atoms with Crippen molar-refractivity contribution in [2.45, 2.75) is 5.16 Å². The van der Waals surface area contributed by atoms with Gasteiger partial charge in [0, 0.05) is 11.6 Å². The Hall–Kier alpha value is -3.31. The number of nitriles is 1. The monoisotopic (exact) mass is 366 g/mol. The number of aromatic nitrogens is 3. The fourth-order valence-electron chi connectivity index (χ4n) is 2.39. The number of hydrogen-bond acceptors (Lipinski definition) is 6. The molecule has 0 amide bonds. The lowest BCUT2D eigenvalue weighted by Gasteiger charge is -2.11. The second-order valence-corrected chi connectivity index (χ2v) is 6.16. The van der Waals surface area contributed by atoms with Crippen molar-refractivity contribution < 1.29 is 14.6 Å². The SMILES string of the molecule is COc1cccc(-n2c(SCC(=O)O)nnc2-c2cccc(C#N)c2)c1. The molecule has 0 bridgehead atoms. The number of rotatable bonds is 6. The van der Waals surface area contributed by atoms with Gasteiger partial charge in [-0.3, -0.25) is 9.36 Å². The van der Waals surface area contributed by atoms with Crippen LogP contribution in [0.1, 0.15) is 5.56 Å². The number of carboxylic acids is 1. The van der Waals surface area contributed by atoms with E-state index in [0.717, 1.165) is 17.4 Å². The average Bonchev–Trinajstić information content (AvgIpc) is 3.10. The highest BCUT2D eigenvalue weighted by Gasteiger charge is 2.18. The summed E-state index contributed by atoms with van der Waals surface area (Å²) < 4.78 is 7.03. The van der Waals surface area contributed by atoms with Crippen molar-refractivity contribution in [3.8, 4) is 28.9 Å². The Kier molecular flexibility index (Phi) is 5.20. The highest BCUT2D eigenvalue weighted by molar-refractivity contribution is 7.99. The molecule has 0 saturated carbocycles. The molecule has 0 saturated heterocycles. The Morgan fingerprint density at radius 2 is 2.08 bits per heavy atom. The highest BCUT2D eigenvalue weighted by Crippen LogP contribution is 2.29. The summed E-state index contributed by atoms with van der Waals surface area (Å²) in [6.07, 6.45) is 0. The van der Waals surface area contributed by atoms with Gasteiger partial charge in [0.05, 0.1) is 30.2 Å². The lowest BCUT2D eigenvalue weighted by Crippen LogP contribution is -2.03. The summed E-state index contributed by atoms with van der Waals surface area (Å²) >= 11 is 1.07. The predicted octanol–water partition coefficient (Wildman–Crippen LogP) is 2.99. The lowest BCUT2D eigenvalue weighted by molar-refractivity contribution is -0.133. The van der Waals surface area contributed by atoms with Gasteiger partial charge in [0.1, 0.15) is 5.75 Å². The fourth-order valence-corrected chi connectivity index (χ4v) is 3.06. The van der Waals surface area contributed by atoms with Crippen molar-refractivity contribution in [1.29, 1.82) is 5.26 Å². The molecular weight excluding hydrogens is 352 g/mol. The van der Waals surface area contributed by atoms with Crippen LogP contribution in [0.25, 0.3) is 17.1 Å². The Morgan fingerprint density at radius 1 is 1.27 bits per heavy atom. The maximum Gasteiger partial charge on any atom is 0.313 e. The van der Waals surface area contributed by atoms with E-state index in [1.165, 1.54) is 0 Å². The Bertz CT molecular complexity index is 994. The van der Waals surface area contributed by atoms with Crippen LogP contribution in [0.5, 0.6) is 5.75 Å². The topological polar surface area (TPSA) is 101 Å². The van der Waals surface area contributed by atoms with Crippen molar-refractivity contribution >= 4 is 17.7 Å². The average molecular weight is 366 g/mol. The molecule has 26 heavy (non-hydrogen) atoms. The van der Waals surface area contributed by atoms with Crippen LogP contribution >= 0.6 is 11.8 Å². The van der Waals surface area contributed by atoms with Gasteiger partial charge >= 0.3 is 5.97 Å². The first-order valence-electron chi connectivity index (χ1n) is 7.57. The first-order chi connectivity index (χ1) is 12.6. The van der Waals surface area contributed by atoms with E-state index in [-0.39, 0.29) is 5.75 Å².